The van der Waals surface area contributed by atoms with Gasteiger partial charge in [-0.05, 0) is 77.4 Å². The number of carbonyl (C=O) groups excluding carboxylic acids is 3. The summed E-state index contributed by atoms with van der Waals surface area (Å²) in [6.45, 7) is 10.7. The van der Waals surface area contributed by atoms with Crippen LogP contribution in [0, 0.1) is 13.8 Å². The summed E-state index contributed by atoms with van der Waals surface area (Å²) in [5, 5.41) is 5.35. The molecule has 2 aromatic carbocycles. The first-order valence-corrected chi connectivity index (χ1v) is 9.64. The van der Waals surface area contributed by atoms with Gasteiger partial charge in [0.2, 0.25) is 0 Å². The van der Waals surface area contributed by atoms with Crippen molar-refractivity contribution in [2.75, 3.05) is 10.6 Å². The second kappa shape index (κ2) is 9.43. The summed E-state index contributed by atoms with van der Waals surface area (Å²) in [5.41, 5.74) is 2.81. The Morgan fingerprint density at radius 2 is 1.57 bits per heavy atom. The molecule has 0 aromatic heterocycles. The molecule has 0 aliphatic rings. The predicted octanol–water partition coefficient (Wildman–Crippen LogP) is 4.83. The van der Waals surface area contributed by atoms with Crippen molar-refractivity contribution in [3.8, 4) is 0 Å². The lowest BCUT2D eigenvalue weighted by Gasteiger charge is -2.19. The van der Waals surface area contributed by atoms with Crippen molar-refractivity contribution in [3.63, 3.8) is 0 Å². The van der Waals surface area contributed by atoms with Gasteiger partial charge in [0.25, 0.3) is 5.91 Å². The molecule has 0 spiro atoms. The molecule has 0 radical (unpaired) electrons. The molecule has 0 aliphatic heterocycles. The normalized spacial score (nSPS) is 11.9. The molecular formula is C23H28N2O5. The van der Waals surface area contributed by atoms with E-state index in [2.05, 4.69) is 10.6 Å². The van der Waals surface area contributed by atoms with Crippen LogP contribution in [0.2, 0.25) is 0 Å². The van der Waals surface area contributed by atoms with E-state index < -0.39 is 29.7 Å². The minimum Gasteiger partial charge on any atom is -0.449 e. The summed E-state index contributed by atoms with van der Waals surface area (Å²) in [6, 6.07) is 11.8. The van der Waals surface area contributed by atoms with Crippen LogP contribution in [-0.4, -0.2) is 29.7 Å². The number of nitrogens with one attached hydrogen (secondary N) is 2. The van der Waals surface area contributed by atoms with E-state index in [9.17, 15) is 14.4 Å². The minimum absolute atomic E-state index is 0.260. The molecule has 2 N–H and O–H groups in total. The maximum atomic E-state index is 12.4. The number of anilines is 2. The second-order valence-electron chi connectivity index (χ2n) is 8.06. The van der Waals surface area contributed by atoms with E-state index >= 15 is 0 Å². The van der Waals surface area contributed by atoms with Crippen LogP contribution in [0.25, 0.3) is 0 Å². The van der Waals surface area contributed by atoms with Gasteiger partial charge >= 0.3 is 12.1 Å². The SMILES string of the molecule is Cc1ccc(NC(=O)[C@@H](C)OC(=O)c2ccc(NC(=O)OC(C)(C)C)cc2)c(C)c1. The van der Waals surface area contributed by atoms with Gasteiger partial charge in [0.05, 0.1) is 5.56 Å². The summed E-state index contributed by atoms with van der Waals surface area (Å²) in [6.07, 6.45) is -1.56. The largest absolute Gasteiger partial charge is 0.449 e. The molecule has 0 saturated carbocycles. The second-order valence-corrected chi connectivity index (χ2v) is 8.06. The van der Waals surface area contributed by atoms with E-state index in [4.69, 9.17) is 9.47 Å². The molecule has 160 valence electrons. The van der Waals surface area contributed by atoms with Crippen molar-refractivity contribution in [3.05, 3.63) is 59.2 Å². The standard InChI is InChI=1S/C23H28N2O5/c1-14-7-12-19(15(2)13-14)25-20(26)16(3)29-21(27)17-8-10-18(11-9-17)24-22(28)30-23(4,5)6/h7-13,16H,1-6H3,(H,24,28)(H,25,26)/t16-/m1/s1. The van der Waals surface area contributed by atoms with Crippen molar-refractivity contribution in [1.29, 1.82) is 0 Å². The van der Waals surface area contributed by atoms with Crippen molar-refractivity contribution in [1.82, 2.24) is 0 Å². The third-order valence-corrected chi connectivity index (χ3v) is 4.06. The van der Waals surface area contributed by atoms with Crippen molar-refractivity contribution in [2.24, 2.45) is 0 Å². The van der Waals surface area contributed by atoms with Crippen LogP contribution in [-0.2, 0) is 14.3 Å². The monoisotopic (exact) mass is 412 g/mol. The molecule has 2 rings (SSSR count). The van der Waals surface area contributed by atoms with Crippen LogP contribution in [0.5, 0.6) is 0 Å². The predicted molar refractivity (Wildman–Crippen MR) is 116 cm³/mol. The van der Waals surface area contributed by atoms with E-state index in [1.54, 1.807) is 32.9 Å². The summed E-state index contributed by atoms with van der Waals surface area (Å²) in [7, 11) is 0. The van der Waals surface area contributed by atoms with Crippen molar-refractivity contribution >= 4 is 29.3 Å². The van der Waals surface area contributed by atoms with Gasteiger partial charge in [0.15, 0.2) is 6.10 Å². The molecular weight excluding hydrogens is 384 g/mol. The quantitative estimate of drug-likeness (QED) is 0.686. The number of rotatable bonds is 5. The van der Waals surface area contributed by atoms with Gasteiger partial charge in [-0.25, -0.2) is 9.59 Å². The third kappa shape index (κ3) is 6.92. The fraction of sp³-hybridized carbons (Fsp3) is 0.348. The first kappa shape index (κ1) is 22.9. The van der Waals surface area contributed by atoms with E-state index in [0.29, 0.717) is 11.4 Å². The van der Waals surface area contributed by atoms with Gasteiger partial charge in [0.1, 0.15) is 5.60 Å². The molecule has 0 fully saturated rings. The van der Waals surface area contributed by atoms with Crippen LogP contribution in [0.4, 0.5) is 16.2 Å². The highest BCUT2D eigenvalue weighted by Crippen LogP contribution is 2.17. The summed E-state index contributed by atoms with van der Waals surface area (Å²) < 4.78 is 10.4. The van der Waals surface area contributed by atoms with E-state index in [0.717, 1.165) is 11.1 Å². The molecule has 7 heteroatoms. The fourth-order valence-corrected chi connectivity index (χ4v) is 2.58. The molecule has 0 bridgehead atoms. The molecule has 0 saturated heterocycles. The highest BCUT2D eigenvalue weighted by Gasteiger charge is 2.20. The van der Waals surface area contributed by atoms with E-state index in [-0.39, 0.29) is 5.56 Å². The van der Waals surface area contributed by atoms with Gasteiger partial charge in [-0.1, -0.05) is 17.7 Å². The van der Waals surface area contributed by atoms with Gasteiger partial charge < -0.3 is 14.8 Å². The Morgan fingerprint density at radius 1 is 0.933 bits per heavy atom. The zero-order valence-electron chi connectivity index (χ0n) is 18.2. The maximum absolute atomic E-state index is 12.4. The number of ether oxygens (including phenoxy) is 2. The number of hydrogen-bond acceptors (Lipinski definition) is 5. The molecule has 0 heterocycles. The molecule has 0 aliphatic carbocycles. The molecule has 2 aromatic rings. The number of carbonyl (C=O) groups is 3. The van der Waals surface area contributed by atoms with Crippen molar-refractivity contribution in [2.45, 2.75) is 53.2 Å². The Kier molecular flexibility index (Phi) is 7.21. The van der Waals surface area contributed by atoms with Crippen LogP contribution < -0.4 is 10.6 Å². The number of aryl methyl sites for hydroxylation is 2. The number of esters is 1. The third-order valence-electron chi connectivity index (χ3n) is 4.06. The van der Waals surface area contributed by atoms with Crippen molar-refractivity contribution < 1.29 is 23.9 Å². The maximum Gasteiger partial charge on any atom is 0.412 e. The zero-order valence-corrected chi connectivity index (χ0v) is 18.2. The smallest absolute Gasteiger partial charge is 0.412 e. The number of hydrogen-bond donors (Lipinski definition) is 2. The molecule has 0 unspecified atom stereocenters. The molecule has 2 amide bonds. The topological polar surface area (TPSA) is 93.7 Å². The molecule has 30 heavy (non-hydrogen) atoms. The lowest BCUT2D eigenvalue weighted by atomic mass is 10.1. The Hall–Kier alpha value is -3.35. The van der Waals surface area contributed by atoms with Gasteiger partial charge in [0, 0.05) is 11.4 Å². The van der Waals surface area contributed by atoms with Crippen LogP contribution in [0.3, 0.4) is 0 Å². The Bertz CT molecular complexity index is 930. The highest BCUT2D eigenvalue weighted by atomic mass is 16.6. The summed E-state index contributed by atoms with van der Waals surface area (Å²) in [4.78, 5) is 36.5. The number of amides is 2. The number of benzene rings is 2. The van der Waals surface area contributed by atoms with Gasteiger partial charge in [-0.2, -0.15) is 0 Å². The van der Waals surface area contributed by atoms with E-state index in [1.807, 2.05) is 32.0 Å². The average molecular weight is 412 g/mol. The minimum atomic E-state index is -0.974. The Labute approximate surface area is 176 Å². The lowest BCUT2D eigenvalue weighted by molar-refractivity contribution is -0.123. The average Bonchev–Trinajstić information content (AvgIpc) is 2.62. The van der Waals surface area contributed by atoms with Crippen LogP contribution in [0.15, 0.2) is 42.5 Å². The molecule has 7 nitrogen and oxygen atoms in total. The summed E-state index contributed by atoms with van der Waals surface area (Å²) >= 11 is 0. The zero-order chi connectivity index (χ0) is 22.5. The molecule has 1 atom stereocenters. The van der Waals surface area contributed by atoms with Gasteiger partial charge in [-0.15, -0.1) is 0 Å². The lowest BCUT2D eigenvalue weighted by Crippen LogP contribution is -2.30. The van der Waals surface area contributed by atoms with Crippen LogP contribution >= 0.6 is 0 Å². The summed E-state index contributed by atoms with van der Waals surface area (Å²) in [5.74, 6) is -1.05. The van der Waals surface area contributed by atoms with Gasteiger partial charge in [-0.3, -0.25) is 10.1 Å². The first-order valence-electron chi connectivity index (χ1n) is 9.64. The van der Waals surface area contributed by atoms with Crippen LogP contribution in [0.1, 0.15) is 49.2 Å². The van der Waals surface area contributed by atoms with E-state index in [1.165, 1.54) is 19.1 Å². The first-order chi connectivity index (χ1) is 13.9. The Morgan fingerprint density at radius 3 is 2.13 bits per heavy atom. The Balaban J connectivity index is 1.93. The fourth-order valence-electron chi connectivity index (χ4n) is 2.58. The highest BCUT2D eigenvalue weighted by molar-refractivity contribution is 5.98.